The Morgan fingerprint density at radius 1 is 1.02 bits per heavy atom. The number of hydrogen-bond donors (Lipinski definition) is 4. The van der Waals surface area contributed by atoms with E-state index in [1.54, 1.807) is 6.07 Å². The van der Waals surface area contributed by atoms with E-state index in [9.17, 15) is 29.1 Å². The van der Waals surface area contributed by atoms with Crippen LogP contribution in [0.25, 0.3) is 0 Å². The Bertz CT molecular complexity index is 1240. The fourth-order valence-corrected chi connectivity index (χ4v) is 5.93. The molecule has 4 N–H and O–H groups in total. The average Bonchev–Trinajstić information content (AvgIpc) is 3.01. The number of nitrogens with zero attached hydrogens (tertiary/aromatic N) is 2. The summed E-state index contributed by atoms with van der Waals surface area (Å²) in [7, 11) is 1.41. The summed E-state index contributed by atoms with van der Waals surface area (Å²) in [5.41, 5.74) is 0.588. The van der Waals surface area contributed by atoms with Gasteiger partial charge in [-0.1, -0.05) is 39.8 Å². The first-order valence-electron chi connectivity index (χ1n) is 16.4. The fraction of sp³-hybridized carbons (Fsp3) is 0.676. The number of hydrogen-bond acceptors (Lipinski definition) is 7. The molecule has 2 aliphatic heterocycles. The molecule has 0 saturated carbocycles. The third-order valence-corrected chi connectivity index (χ3v) is 9.22. The van der Waals surface area contributed by atoms with Gasteiger partial charge in [-0.2, -0.15) is 0 Å². The molecule has 12 nitrogen and oxygen atoms in total. The molecule has 256 valence electrons. The number of benzene rings is 1. The number of likely N-dealkylation sites (N-methyl/N-ethyl adjacent to an activating group) is 1. The molecule has 0 unspecified atom stereocenters. The van der Waals surface area contributed by atoms with Crippen LogP contribution in [0.3, 0.4) is 0 Å². The van der Waals surface area contributed by atoms with Crippen LogP contribution in [0.5, 0.6) is 5.75 Å². The van der Waals surface area contributed by atoms with Gasteiger partial charge in [-0.3, -0.25) is 24.0 Å². The number of rotatable bonds is 5. The molecule has 1 spiro atoms. The molecule has 4 atom stereocenters. The summed E-state index contributed by atoms with van der Waals surface area (Å²) in [6, 6.07) is 4.23. The molecule has 2 bridgehead atoms. The van der Waals surface area contributed by atoms with Crippen LogP contribution in [-0.2, 0) is 30.4 Å². The Morgan fingerprint density at radius 2 is 1.70 bits per heavy atom. The molecule has 0 radical (unpaired) electrons. The molecule has 0 aliphatic carbocycles. The van der Waals surface area contributed by atoms with Gasteiger partial charge in [0.2, 0.25) is 23.6 Å². The molecule has 0 aromatic heterocycles. The van der Waals surface area contributed by atoms with E-state index in [0.717, 1.165) is 16.9 Å². The topological polar surface area (TPSA) is 157 Å². The van der Waals surface area contributed by atoms with Crippen LogP contribution in [0.4, 0.5) is 0 Å². The first-order chi connectivity index (χ1) is 21.6. The normalized spacial score (nSPS) is 24.3. The molecular weight excluding hydrogens is 590 g/mol. The minimum absolute atomic E-state index is 0.148. The van der Waals surface area contributed by atoms with Gasteiger partial charge in [0.15, 0.2) is 6.61 Å². The highest BCUT2D eigenvalue weighted by Crippen LogP contribution is 2.36. The van der Waals surface area contributed by atoms with E-state index in [0.29, 0.717) is 57.0 Å². The smallest absolute Gasteiger partial charge is 0.258 e. The first-order valence-corrected chi connectivity index (χ1v) is 16.4. The standard InChI is InChI=1S/C34H53N5O7/c1-21(2)11-12-28(42)39-15-13-34(14-16-39)18-25-9-8-10-26(17-25)46-19-27(41)36-30(24(6)40)33(45)38(7)23(5)31(43)37-29(22(3)4)32(44)35-20-34/h8-10,17,21-24,29-30,40H,11-16,18-20H2,1-7H3,(H,35,44)(H,36,41)(H,37,43)/t23-,24+,29+,30-/m0/s1. The van der Waals surface area contributed by atoms with Crippen LogP contribution in [0.2, 0.25) is 0 Å². The second-order valence-corrected chi connectivity index (χ2v) is 13.8. The highest BCUT2D eigenvalue weighted by atomic mass is 16.5. The Hall–Kier alpha value is -3.67. The zero-order chi connectivity index (χ0) is 34.2. The van der Waals surface area contributed by atoms with E-state index in [1.165, 1.54) is 20.9 Å². The van der Waals surface area contributed by atoms with Crippen molar-refractivity contribution in [2.75, 3.05) is 33.3 Å². The summed E-state index contributed by atoms with van der Waals surface area (Å²) >= 11 is 0. The van der Waals surface area contributed by atoms with Gasteiger partial charge in [-0.25, -0.2) is 0 Å². The maximum Gasteiger partial charge on any atom is 0.258 e. The third-order valence-electron chi connectivity index (χ3n) is 9.22. The predicted molar refractivity (Wildman–Crippen MR) is 174 cm³/mol. The molecule has 46 heavy (non-hydrogen) atoms. The molecule has 1 saturated heterocycles. The van der Waals surface area contributed by atoms with Gasteiger partial charge in [0.25, 0.3) is 5.91 Å². The van der Waals surface area contributed by atoms with Crippen molar-refractivity contribution < 1.29 is 33.8 Å². The van der Waals surface area contributed by atoms with Gasteiger partial charge >= 0.3 is 0 Å². The van der Waals surface area contributed by atoms with Crippen molar-refractivity contribution in [3.63, 3.8) is 0 Å². The molecule has 1 aromatic carbocycles. The molecule has 1 fully saturated rings. The predicted octanol–water partition coefficient (Wildman–Crippen LogP) is 1.64. The second kappa shape index (κ2) is 16.2. The van der Waals surface area contributed by atoms with Gasteiger partial charge in [0.1, 0.15) is 23.9 Å². The molecule has 1 aromatic rings. The number of aliphatic hydroxyl groups excluding tert-OH is 1. The van der Waals surface area contributed by atoms with E-state index in [1.807, 2.05) is 36.9 Å². The highest BCUT2D eigenvalue weighted by molar-refractivity contribution is 5.94. The van der Waals surface area contributed by atoms with Crippen molar-refractivity contribution in [2.24, 2.45) is 17.3 Å². The Balaban J connectivity index is 1.92. The zero-order valence-corrected chi connectivity index (χ0v) is 28.4. The van der Waals surface area contributed by atoms with Crippen molar-refractivity contribution in [3.8, 4) is 5.75 Å². The Kier molecular flexibility index (Phi) is 13.0. The van der Waals surface area contributed by atoms with Crippen LogP contribution in [0.15, 0.2) is 24.3 Å². The summed E-state index contributed by atoms with van der Waals surface area (Å²) in [6.45, 7) is 11.9. The number of likely N-dealkylation sites (tertiary alicyclic amines) is 1. The van der Waals surface area contributed by atoms with Gasteiger partial charge in [-0.15, -0.1) is 0 Å². The van der Waals surface area contributed by atoms with Gasteiger partial charge in [-0.05, 0) is 74.5 Å². The van der Waals surface area contributed by atoms with E-state index in [4.69, 9.17) is 4.74 Å². The summed E-state index contributed by atoms with van der Waals surface area (Å²) in [6.07, 6.45) is 2.07. The fourth-order valence-electron chi connectivity index (χ4n) is 5.93. The maximum atomic E-state index is 13.6. The summed E-state index contributed by atoms with van der Waals surface area (Å²) in [5, 5.41) is 18.8. The number of carbonyl (C=O) groups excluding carboxylic acids is 5. The lowest BCUT2D eigenvalue weighted by Crippen LogP contribution is -2.59. The van der Waals surface area contributed by atoms with E-state index in [-0.39, 0.29) is 29.8 Å². The van der Waals surface area contributed by atoms with Crippen LogP contribution in [0.1, 0.15) is 72.8 Å². The summed E-state index contributed by atoms with van der Waals surface area (Å²) < 4.78 is 5.78. The summed E-state index contributed by atoms with van der Waals surface area (Å²) in [4.78, 5) is 69.0. The van der Waals surface area contributed by atoms with E-state index >= 15 is 0 Å². The Labute approximate surface area is 273 Å². The van der Waals surface area contributed by atoms with E-state index < -0.39 is 42.0 Å². The maximum absolute atomic E-state index is 13.6. The van der Waals surface area contributed by atoms with Crippen molar-refractivity contribution in [1.29, 1.82) is 0 Å². The number of piperidine rings is 1. The number of nitrogens with one attached hydrogen (secondary N) is 3. The molecule has 12 heteroatoms. The third kappa shape index (κ3) is 9.91. The molecular formula is C34H53N5O7. The monoisotopic (exact) mass is 643 g/mol. The van der Waals surface area contributed by atoms with Crippen molar-refractivity contribution in [1.82, 2.24) is 25.8 Å². The minimum atomic E-state index is -1.31. The minimum Gasteiger partial charge on any atom is -0.484 e. The number of aliphatic hydroxyl groups is 1. The van der Waals surface area contributed by atoms with Crippen molar-refractivity contribution in [3.05, 3.63) is 29.8 Å². The SMILES string of the molecule is CC(C)CCC(=O)N1CCC2(CC1)CNC(=O)[C@@H](C(C)C)NC(=O)[C@H](C)N(C)C(=O)[C@H]([C@@H](C)O)NC(=O)COc1cccc(c1)C2. The largest absolute Gasteiger partial charge is 0.484 e. The number of ether oxygens (including phenoxy) is 1. The molecule has 5 amide bonds. The summed E-state index contributed by atoms with van der Waals surface area (Å²) in [5.74, 6) is -1.33. The van der Waals surface area contributed by atoms with Crippen LogP contribution in [-0.4, -0.2) is 102 Å². The lowest BCUT2D eigenvalue weighted by atomic mass is 9.73. The van der Waals surface area contributed by atoms with Crippen LogP contribution in [0, 0.1) is 17.3 Å². The number of amides is 5. The molecule has 3 rings (SSSR count). The molecule has 2 aliphatic rings. The van der Waals surface area contributed by atoms with Crippen molar-refractivity contribution in [2.45, 2.75) is 97.9 Å². The highest BCUT2D eigenvalue weighted by Gasteiger charge is 2.38. The molecule has 2 heterocycles. The number of fused-ring (bicyclic) bond motifs is 2. The van der Waals surface area contributed by atoms with Crippen LogP contribution < -0.4 is 20.7 Å². The van der Waals surface area contributed by atoms with Gasteiger partial charge in [0.05, 0.1) is 6.10 Å². The van der Waals surface area contributed by atoms with E-state index in [2.05, 4.69) is 29.8 Å². The quantitative estimate of drug-likeness (QED) is 0.380. The van der Waals surface area contributed by atoms with Gasteiger partial charge in [0, 0.05) is 33.1 Å². The first kappa shape index (κ1) is 36.8. The zero-order valence-electron chi connectivity index (χ0n) is 28.4. The van der Waals surface area contributed by atoms with Gasteiger partial charge < -0.3 is 35.6 Å². The second-order valence-electron chi connectivity index (χ2n) is 13.8. The Morgan fingerprint density at radius 3 is 2.30 bits per heavy atom. The van der Waals surface area contributed by atoms with Crippen LogP contribution >= 0.6 is 0 Å². The average molecular weight is 644 g/mol. The number of carbonyl (C=O) groups is 5. The lowest BCUT2D eigenvalue weighted by molar-refractivity contribution is -0.144. The lowest BCUT2D eigenvalue weighted by Gasteiger charge is -2.42. The van der Waals surface area contributed by atoms with Crippen molar-refractivity contribution >= 4 is 29.5 Å².